The summed E-state index contributed by atoms with van der Waals surface area (Å²) >= 11 is 1.46. The summed E-state index contributed by atoms with van der Waals surface area (Å²) in [6, 6.07) is 24.2. The molecule has 7 heteroatoms. The van der Waals surface area contributed by atoms with Crippen LogP contribution in [0.15, 0.2) is 95.0 Å². The van der Waals surface area contributed by atoms with Crippen molar-refractivity contribution in [3.63, 3.8) is 0 Å². The molecule has 1 aromatic heterocycles. The number of ether oxygens (including phenoxy) is 1. The van der Waals surface area contributed by atoms with Crippen LogP contribution in [0.1, 0.15) is 27.7 Å². The molecule has 0 radical (unpaired) electrons. The lowest BCUT2D eigenvalue weighted by Gasteiger charge is -2.11. The zero-order valence-electron chi connectivity index (χ0n) is 18.5. The van der Waals surface area contributed by atoms with Crippen LogP contribution in [0.3, 0.4) is 0 Å². The standard InChI is InChI=1S/C27H23N3O3S/c1-2-33-25-15-14-19-9-6-7-13-22(19)23(25)18-28-30-27(32)24(17-21-12-8-16-34-21)29-26(31)20-10-4-3-5-11-20/h3-18H,2H2,1H3,(H,29,31)(H,30,32)/b24-17+,28-18+. The first-order valence-corrected chi connectivity index (χ1v) is 11.6. The van der Waals surface area contributed by atoms with E-state index in [0.29, 0.717) is 17.9 Å². The summed E-state index contributed by atoms with van der Waals surface area (Å²) in [7, 11) is 0. The molecule has 3 aromatic carbocycles. The Kier molecular flexibility index (Phi) is 7.47. The molecule has 0 bridgehead atoms. The number of carbonyl (C=O) groups is 2. The third-order valence-electron chi connectivity index (χ3n) is 4.95. The van der Waals surface area contributed by atoms with Crippen molar-refractivity contribution in [3.8, 4) is 5.75 Å². The first kappa shape index (κ1) is 22.9. The molecule has 6 nitrogen and oxygen atoms in total. The van der Waals surface area contributed by atoms with Crippen LogP contribution in [0.4, 0.5) is 0 Å². The van der Waals surface area contributed by atoms with Gasteiger partial charge in [0, 0.05) is 16.0 Å². The normalized spacial score (nSPS) is 11.5. The molecule has 170 valence electrons. The van der Waals surface area contributed by atoms with Gasteiger partial charge in [-0.3, -0.25) is 9.59 Å². The highest BCUT2D eigenvalue weighted by Crippen LogP contribution is 2.26. The molecule has 1 heterocycles. The molecule has 4 aromatic rings. The van der Waals surface area contributed by atoms with Gasteiger partial charge in [-0.05, 0) is 53.4 Å². The Balaban J connectivity index is 1.58. The molecule has 2 amide bonds. The minimum atomic E-state index is -0.535. The topological polar surface area (TPSA) is 79.8 Å². The Bertz CT molecular complexity index is 1350. The molecule has 0 aliphatic heterocycles. The quantitative estimate of drug-likeness (QED) is 0.211. The summed E-state index contributed by atoms with van der Waals surface area (Å²) in [5.41, 5.74) is 3.84. The van der Waals surface area contributed by atoms with Crippen LogP contribution >= 0.6 is 11.3 Å². The van der Waals surface area contributed by atoms with E-state index in [-0.39, 0.29) is 11.6 Å². The lowest BCUT2D eigenvalue weighted by molar-refractivity contribution is -0.117. The van der Waals surface area contributed by atoms with E-state index in [0.717, 1.165) is 21.2 Å². The van der Waals surface area contributed by atoms with Crippen molar-refractivity contribution < 1.29 is 14.3 Å². The maximum Gasteiger partial charge on any atom is 0.287 e. The number of thiophene rings is 1. The average molecular weight is 470 g/mol. The maximum absolute atomic E-state index is 13.0. The van der Waals surface area contributed by atoms with Gasteiger partial charge in [0.2, 0.25) is 0 Å². The fourth-order valence-electron chi connectivity index (χ4n) is 3.36. The number of rotatable bonds is 8. The molecule has 0 unspecified atom stereocenters. The van der Waals surface area contributed by atoms with Crippen molar-refractivity contribution in [1.82, 2.24) is 10.7 Å². The number of hydrogen-bond acceptors (Lipinski definition) is 5. The molecule has 0 saturated heterocycles. The van der Waals surface area contributed by atoms with E-state index in [2.05, 4.69) is 15.8 Å². The molecule has 0 aliphatic carbocycles. The summed E-state index contributed by atoms with van der Waals surface area (Å²) in [6.07, 6.45) is 3.19. The molecular formula is C27H23N3O3S. The smallest absolute Gasteiger partial charge is 0.287 e. The Hall–Kier alpha value is -4.23. The van der Waals surface area contributed by atoms with Crippen molar-refractivity contribution in [2.45, 2.75) is 6.92 Å². The van der Waals surface area contributed by atoms with E-state index >= 15 is 0 Å². The number of nitrogens with zero attached hydrogens (tertiary/aromatic N) is 1. The third-order valence-corrected chi connectivity index (χ3v) is 5.77. The van der Waals surface area contributed by atoms with Crippen molar-refractivity contribution in [2.75, 3.05) is 6.61 Å². The highest BCUT2D eigenvalue weighted by molar-refractivity contribution is 7.10. The molecule has 0 saturated carbocycles. The minimum Gasteiger partial charge on any atom is -0.493 e. The van der Waals surface area contributed by atoms with Crippen molar-refractivity contribution in [3.05, 3.63) is 106 Å². The summed E-state index contributed by atoms with van der Waals surface area (Å²) in [5, 5.41) is 10.8. The summed E-state index contributed by atoms with van der Waals surface area (Å²) in [6.45, 7) is 2.42. The fraction of sp³-hybridized carbons (Fsp3) is 0.0741. The van der Waals surface area contributed by atoms with Crippen LogP contribution in [0, 0.1) is 0 Å². The molecule has 0 fully saturated rings. The monoisotopic (exact) mass is 469 g/mol. The SMILES string of the molecule is CCOc1ccc2ccccc2c1/C=N/NC(=O)/C(=C\c1cccs1)NC(=O)c1ccccc1. The van der Waals surface area contributed by atoms with E-state index in [1.54, 1.807) is 36.6 Å². The van der Waals surface area contributed by atoms with Crippen molar-refractivity contribution >= 4 is 46.2 Å². The van der Waals surface area contributed by atoms with Crippen LogP contribution < -0.4 is 15.5 Å². The number of amides is 2. The summed E-state index contributed by atoms with van der Waals surface area (Å²) in [4.78, 5) is 26.5. The van der Waals surface area contributed by atoms with Crippen LogP contribution in [-0.2, 0) is 4.79 Å². The summed E-state index contributed by atoms with van der Waals surface area (Å²) < 4.78 is 5.75. The van der Waals surface area contributed by atoms with Gasteiger partial charge in [-0.2, -0.15) is 5.10 Å². The van der Waals surface area contributed by atoms with Gasteiger partial charge in [-0.25, -0.2) is 5.43 Å². The van der Waals surface area contributed by atoms with E-state index in [4.69, 9.17) is 4.74 Å². The lowest BCUT2D eigenvalue weighted by atomic mass is 10.0. The van der Waals surface area contributed by atoms with Gasteiger partial charge in [0.05, 0.1) is 12.8 Å². The lowest BCUT2D eigenvalue weighted by Crippen LogP contribution is -2.32. The average Bonchev–Trinajstić information content (AvgIpc) is 3.38. The fourth-order valence-corrected chi connectivity index (χ4v) is 4.02. The Labute approximate surface area is 201 Å². The molecule has 0 atom stereocenters. The molecule has 2 N–H and O–H groups in total. The van der Waals surface area contributed by atoms with Crippen molar-refractivity contribution in [1.29, 1.82) is 0 Å². The number of benzene rings is 3. The van der Waals surface area contributed by atoms with Gasteiger partial charge in [-0.15, -0.1) is 11.3 Å². The third kappa shape index (κ3) is 5.57. The number of carbonyl (C=O) groups excluding carboxylic acids is 2. The van der Waals surface area contributed by atoms with Gasteiger partial charge >= 0.3 is 0 Å². The molecule has 4 rings (SSSR count). The zero-order valence-corrected chi connectivity index (χ0v) is 19.3. The van der Waals surface area contributed by atoms with E-state index < -0.39 is 5.91 Å². The zero-order chi connectivity index (χ0) is 23.8. The first-order chi connectivity index (χ1) is 16.7. The van der Waals surface area contributed by atoms with E-state index in [1.807, 2.05) is 66.9 Å². The second kappa shape index (κ2) is 11.1. The highest BCUT2D eigenvalue weighted by Gasteiger charge is 2.15. The Morgan fingerprint density at radius 3 is 2.53 bits per heavy atom. The largest absolute Gasteiger partial charge is 0.493 e. The minimum absolute atomic E-state index is 0.0939. The highest BCUT2D eigenvalue weighted by atomic mass is 32.1. The number of hydrazone groups is 1. The number of hydrogen-bond donors (Lipinski definition) is 2. The molecular weight excluding hydrogens is 446 g/mol. The van der Waals surface area contributed by atoms with Gasteiger partial charge < -0.3 is 10.1 Å². The maximum atomic E-state index is 13.0. The second-order valence-electron chi connectivity index (χ2n) is 7.22. The van der Waals surface area contributed by atoms with Gasteiger partial charge in [0.15, 0.2) is 0 Å². The number of nitrogens with one attached hydrogen (secondary N) is 2. The molecule has 0 spiro atoms. The summed E-state index contributed by atoms with van der Waals surface area (Å²) in [5.74, 6) is -0.242. The second-order valence-corrected chi connectivity index (χ2v) is 8.20. The number of fused-ring (bicyclic) bond motifs is 1. The van der Waals surface area contributed by atoms with Crippen LogP contribution in [0.25, 0.3) is 16.8 Å². The Morgan fingerprint density at radius 2 is 1.76 bits per heavy atom. The van der Waals surface area contributed by atoms with Gasteiger partial charge in [0.25, 0.3) is 11.8 Å². The van der Waals surface area contributed by atoms with Crippen LogP contribution in [0.5, 0.6) is 5.75 Å². The predicted octanol–water partition coefficient (Wildman–Crippen LogP) is 5.22. The molecule has 0 aliphatic rings. The van der Waals surface area contributed by atoms with Gasteiger partial charge in [-0.1, -0.05) is 54.6 Å². The van der Waals surface area contributed by atoms with E-state index in [9.17, 15) is 9.59 Å². The Morgan fingerprint density at radius 1 is 0.971 bits per heavy atom. The molecule has 34 heavy (non-hydrogen) atoms. The van der Waals surface area contributed by atoms with Crippen LogP contribution in [-0.4, -0.2) is 24.6 Å². The van der Waals surface area contributed by atoms with Crippen LogP contribution in [0.2, 0.25) is 0 Å². The van der Waals surface area contributed by atoms with Gasteiger partial charge in [0.1, 0.15) is 11.4 Å². The predicted molar refractivity (Wildman–Crippen MR) is 137 cm³/mol. The first-order valence-electron chi connectivity index (χ1n) is 10.7. The van der Waals surface area contributed by atoms with Crippen molar-refractivity contribution in [2.24, 2.45) is 5.10 Å². The van der Waals surface area contributed by atoms with E-state index in [1.165, 1.54) is 11.3 Å².